The standard InChI is InChI=1S/C27H39N3O4S/c1-21-12-10-15-24(20-21)30(35(6,33)34)18-11-16-25(31)29(19-17-23-13-8-7-9-14-23)22(2)26(32)28-27(3,4)5/h7-10,12-15,20,22H,11,16-19H2,1-6H3,(H,28,32). The van der Waals surface area contributed by atoms with Crippen LogP contribution in [-0.2, 0) is 26.0 Å². The maximum Gasteiger partial charge on any atom is 0.242 e. The van der Waals surface area contributed by atoms with Gasteiger partial charge in [-0.25, -0.2) is 8.42 Å². The summed E-state index contributed by atoms with van der Waals surface area (Å²) < 4.78 is 26.2. The average molecular weight is 502 g/mol. The highest BCUT2D eigenvalue weighted by atomic mass is 32.2. The normalized spacial score (nSPS) is 12.6. The number of aryl methyl sites for hydroxylation is 1. The van der Waals surface area contributed by atoms with Crippen molar-refractivity contribution < 1.29 is 18.0 Å². The summed E-state index contributed by atoms with van der Waals surface area (Å²) in [5.74, 6) is -0.383. The minimum atomic E-state index is -3.50. The van der Waals surface area contributed by atoms with Gasteiger partial charge in [0.2, 0.25) is 21.8 Å². The van der Waals surface area contributed by atoms with Crippen molar-refractivity contribution in [2.75, 3.05) is 23.7 Å². The zero-order chi connectivity index (χ0) is 26.2. The van der Waals surface area contributed by atoms with E-state index in [1.807, 2.05) is 76.2 Å². The molecule has 2 aromatic rings. The van der Waals surface area contributed by atoms with Gasteiger partial charge in [0.1, 0.15) is 6.04 Å². The summed E-state index contributed by atoms with van der Waals surface area (Å²) >= 11 is 0. The van der Waals surface area contributed by atoms with Crippen LogP contribution in [0.5, 0.6) is 0 Å². The first kappa shape index (κ1) is 28.4. The zero-order valence-electron chi connectivity index (χ0n) is 21.7. The number of hydrogen-bond acceptors (Lipinski definition) is 4. The molecule has 35 heavy (non-hydrogen) atoms. The maximum absolute atomic E-state index is 13.3. The molecule has 1 unspecified atom stereocenters. The molecule has 0 saturated heterocycles. The molecule has 7 nitrogen and oxygen atoms in total. The quantitative estimate of drug-likeness (QED) is 0.506. The molecule has 192 valence electrons. The van der Waals surface area contributed by atoms with E-state index in [1.54, 1.807) is 17.9 Å². The Morgan fingerprint density at radius 2 is 1.66 bits per heavy atom. The maximum atomic E-state index is 13.3. The number of sulfonamides is 1. The van der Waals surface area contributed by atoms with Crippen molar-refractivity contribution in [1.29, 1.82) is 0 Å². The number of nitrogens with zero attached hydrogens (tertiary/aromatic N) is 2. The Morgan fingerprint density at radius 3 is 2.23 bits per heavy atom. The van der Waals surface area contributed by atoms with Gasteiger partial charge in [-0.2, -0.15) is 0 Å². The Morgan fingerprint density at radius 1 is 1.00 bits per heavy atom. The second kappa shape index (κ2) is 12.2. The summed E-state index contributed by atoms with van der Waals surface area (Å²) in [6.45, 7) is 9.93. The summed E-state index contributed by atoms with van der Waals surface area (Å²) in [5, 5.41) is 2.95. The Kier molecular flexibility index (Phi) is 9.89. The number of rotatable bonds is 11. The highest BCUT2D eigenvalue weighted by Crippen LogP contribution is 2.20. The van der Waals surface area contributed by atoms with E-state index in [9.17, 15) is 18.0 Å². The van der Waals surface area contributed by atoms with Gasteiger partial charge in [0.25, 0.3) is 0 Å². The largest absolute Gasteiger partial charge is 0.350 e. The molecule has 0 aliphatic rings. The Hall–Kier alpha value is -2.87. The fourth-order valence-electron chi connectivity index (χ4n) is 3.83. The van der Waals surface area contributed by atoms with E-state index in [2.05, 4.69) is 5.32 Å². The van der Waals surface area contributed by atoms with Gasteiger partial charge >= 0.3 is 0 Å². The molecule has 0 aliphatic carbocycles. The van der Waals surface area contributed by atoms with E-state index in [0.29, 0.717) is 25.1 Å². The molecule has 2 amide bonds. The predicted octanol–water partition coefficient (Wildman–Crippen LogP) is 3.92. The lowest BCUT2D eigenvalue weighted by Crippen LogP contribution is -2.53. The van der Waals surface area contributed by atoms with Gasteiger partial charge in [-0.3, -0.25) is 13.9 Å². The van der Waals surface area contributed by atoms with E-state index < -0.39 is 21.6 Å². The van der Waals surface area contributed by atoms with Crippen LogP contribution in [0, 0.1) is 6.92 Å². The fraction of sp³-hybridized carbons (Fsp3) is 0.481. The molecule has 1 atom stereocenters. The van der Waals surface area contributed by atoms with Gasteiger partial charge in [-0.05, 0) is 70.7 Å². The summed E-state index contributed by atoms with van der Waals surface area (Å²) in [6.07, 6.45) is 2.27. The van der Waals surface area contributed by atoms with Crippen molar-refractivity contribution in [1.82, 2.24) is 10.2 Å². The molecule has 1 N–H and O–H groups in total. The number of benzene rings is 2. The first-order chi connectivity index (χ1) is 16.3. The van der Waals surface area contributed by atoms with Crippen LogP contribution in [0.3, 0.4) is 0 Å². The summed E-state index contributed by atoms with van der Waals surface area (Å²) in [7, 11) is -3.50. The van der Waals surface area contributed by atoms with Crippen molar-refractivity contribution in [3.63, 3.8) is 0 Å². The molecule has 0 bridgehead atoms. The fourth-order valence-corrected chi connectivity index (χ4v) is 4.79. The topological polar surface area (TPSA) is 86.8 Å². The highest BCUT2D eigenvalue weighted by molar-refractivity contribution is 7.92. The van der Waals surface area contributed by atoms with Crippen molar-refractivity contribution >= 4 is 27.5 Å². The molecule has 0 spiro atoms. The lowest BCUT2D eigenvalue weighted by Gasteiger charge is -2.32. The lowest BCUT2D eigenvalue weighted by atomic mass is 10.1. The van der Waals surface area contributed by atoms with Crippen molar-refractivity contribution in [3.8, 4) is 0 Å². The second-order valence-electron chi connectivity index (χ2n) is 10.0. The molecular formula is C27H39N3O4S. The third-order valence-electron chi connectivity index (χ3n) is 5.59. The first-order valence-electron chi connectivity index (χ1n) is 12.0. The molecule has 2 rings (SSSR count). The molecule has 0 aliphatic heterocycles. The summed E-state index contributed by atoms with van der Waals surface area (Å²) in [5.41, 5.74) is 2.21. The van der Waals surface area contributed by atoms with Crippen molar-refractivity contribution in [2.45, 2.75) is 65.5 Å². The van der Waals surface area contributed by atoms with Crippen LogP contribution in [0.1, 0.15) is 51.7 Å². The van der Waals surface area contributed by atoms with Crippen LogP contribution < -0.4 is 9.62 Å². The van der Waals surface area contributed by atoms with Crippen LogP contribution in [0.4, 0.5) is 5.69 Å². The molecule has 0 saturated carbocycles. The monoisotopic (exact) mass is 501 g/mol. The van der Waals surface area contributed by atoms with Crippen molar-refractivity contribution in [2.24, 2.45) is 0 Å². The first-order valence-corrected chi connectivity index (χ1v) is 13.8. The van der Waals surface area contributed by atoms with Gasteiger partial charge in [0.15, 0.2) is 0 Å². The number of nitrogens with one attached hydrogen (secondary N) is 1. The Balaban J connectivity index is 2.13. The number of carbonyl (C=O) groups is 2. The summed E-state index contributed by atoms with van der Waals surface area (Å²) in [4.78, 5) is 27.7. The number of carbonyl (C=O) groups excluding carboxylic acids is 2. The predicted molar refractivity (Wildman–Crippen MR) is 142 cm³/mol. The average Bonchev–Trinajstić information content (AvgIpc) is 2.75. The SMILES string of the molecule is Cc1cccc(N(CCCC(=O)N(CCc2ccccc2)C(C)C(=O)NC(C)(C)C)S(C)(=O)=O)c1. The van der Waals surface area contributed by atoms with Gasteiger partial charge in [0.05, 0.1) is 11.9 Å². The van der Waals surface area contributed by atoms with Gasteiger partial charge in [-0.15, -0.1) is 0 Å². The van der Waals surface area contributed by atoms with Crippen molar-refractivity contribution in [3.05, 3.63) is 65.7 Å². The molecule has 0 aromatic heterocycles. The molecule has 2 aromatic carbocycles. The number of hydrogen-bond donors (Lipinski definition) is 1. The Bertz CT molecular complexity index is 1090. The van der Waals surface area contributed by atoms with Crippen LogP contribution in [-0.4, -0.2) is 56.1 Å². The minimum Gasteiger partial charge on any atom is -0.350 e. The van der Waals surface area contributed by atoms with E-state index in [0.717, 1.165) is 11.1 Å². The number of anilines is 1. The number of amides is 2. The summed E-state index contributed by atoms with van der Waals surface area (Å²) in [6, 6.07) is 16.5. The van der Waals surface area contributed by atoms with Crippen LogP contribution >= 0.6 is 0 Å². The molecule has 0 radical (unpaired) electrons. The third-order valence-corrected chi connectivity index (χ3v) is 6.79. The molecular weight excluding hydrogens is 462 g/mol. The van der Waals surface area contributed by atoms with E-state index in [-0.39, 0.29) is 24.8 Å². The lowest BCUT2D eigenvalue weighted by molar-refractivity contribution is -0.140. The minimum absolute atomic E-state index is 0.139. The van der Waals surface area contributed by atoms with Crippen LogP contribution in [0.15, 0.2) is 54.6 Å². The second-order valence-corrected chi connectivity index (χ2v) is 11.9. The van der Waals surface area contributed by atoms with Gasteiger partial charge < -0.3 is 10.2 Å². The van der Waals surface area contributed by atoms with E-state index in [1.165, 1.54) is 10.6 Å². The van der Waals surface area contributed by atoms with E-state index >= 15 is 0 Å². The highest BCUT2D eigenvalue weighted by Gasteiger charge is 2.28. The smallest absolute Gasteiger partial charge is 0.242 e. The molecule has 0 fully saturated rings. The molecule has 8 heteroatoms. The molecule has 0 heterocycles. The Labute approximate surface area is 210 Å². The van der Waals surface area contributed by atoms with Gasteiger partial charge in [-0.1, -0.05) is 42.5 Å². The van der Waals surface area contributed by atoms with Gasteiger partial charge in [0, 0.05) is 25.0 Å². The third kappa shape index (κ3) is 9.36. The van der Waals surface area contributed by atoms with Crippen LogP contribution in [0.2, 0.25) is 0 Å². The van der Waals surface area contributed by atoms with Crippen LogP contribution in [0.25, 0.3) is 0 Å². The zero-order valence-corrected chi connectivity index (χ0v) is 22.6. The van der Waals surface area contributed by atoms with E-state index in [4.69, 9.17) is 0 Å².